The van der Waals surface area contributed by atoms with E-state index >= 15 is 0 Å². The fraction of sp³-hybridized carbons (Fsp3) is 0.0556. The molecule has 0 saturated carbocycles. The lowest BCUT2D eigenvalue weighted by molar-refractivity contribution is -0.123. The number of methoxy groups -OCH3 is 1. The molecule has 0 radical (unpaired) electrons. The molecule has 1 saturated heterocycles. The van der Waals surface area contributed by atoms with Gasteiger partial charge in [0.15, 0.2) is 4.32 Å². The van der Waals surface area contributed by atoms with Gasteiger partial charge in [-0.2, -0.15) is 5.01 Å². The van der Waals surface area contributed by atoms with Crippen LogP contribution in [0.3, 0.4) is 0 Å². The fourth-order valence-electron chi connectivity index (χ4n) is 2.23. The second-order valence-electron chi connectivity index (χ2n) is 5.36. The Labute approximate surface area is 172 Å². The molecule has 2 aromatic rings. The third-order valence-corrected chi connectivity index (χ3v) is 5.51. The standard InChI is InChI=1S/C18H12BrFN2O3S2/c1-25-12-5-3-11(4-6-12)16(23)21-22-17(24)15(27-18(22)26)9-10-2-7-14(20)13(19)8-10/h2-9H,1H3,(H,21,23)/b15-9+. The Morgan fingerprint density at radius 2 is 2.00 bits per heavy atom. The Kier molecular flexibility index (Phi) is 5.93. The molecule has 1 N–H and O–H groups in total. The van der Waals surface area contributed by atoms with Crippen LogP contribution in [-0.4, -0.2) is 28.3 Å². The number of hydrazine groups is 1. The van der Waals surface area contributed by atoms with Crippen molar-refractivity contribution >= 4 is 62.1 Å². The number of rotatable bonds is 4. The van der Waals surface area contributed by atoms with Crippen molar-refractivity contribution in [2.45, 2.75) is 0 Å². The van der Waals surface area contributed by atoms with Crippen molar-refractivity contribution in [1.29, 1.82) is 0 Å². The van der Waals surface area contributed by atoms with Crippen LogP contribution >= 0.6 is 39.9 Å². The van der Waals surface area contributed by atoms with E-state index in [2.05, 4.69) is 21.4 Å². The molecule has 0 aliphatic carbocycles. The summed E-state index contributed by atoms with van der Waals surface area (Å²) in [6.07, 6.45) is 1.59. The number of thioether (sulfide) groups is 1. The summed E-state index contributed by atoms with van der Waals surface area (Å²) in [5.74, 6) is -0.705. The van der Waals surface area contributed by atoms with Gasteiger partial charge in [0.25, 0.3) is 11.8 Å². The van der Waals surface area contributed by atoms with Crippen molar-refractivity contribution in [1.82, 2.24) is 10.4 Å². The molecule has 0 unspecified atom stereocenters. The number of nitrogens with one attached hydrogen (secondary N) is 1. The SMILES string of the molecule is COc1ccc(C(=O)NN2C(=O)/C(=C\c3ccc(F)c(Br)c3)SC2=S)cc1. The minimum atomic E-state index is -0.472. The predicted octanol–water partition coefficient (Wildman–Crippen LogP) is 4.14. The van der Waals surface area contributed by atoms with E-state index in [-0.39, 0.29) is 4.32 Å². The molecule has 3 rings (SSSR count). The summed E-state index contributed by atoms with van der Waals surface area (Å²) < 4.78 is 18.9. The molecule has 0 atom stereocenters. The van der Waals surface area contributed by atoms with Crippen LogP contribution in [0.5, 0.6) is 5.75 Å². The predicted molar refractivity (Wildman–Crippen MR) is 110 cm³/mol. The first-order valence-electron chi connectivity index (χ1n) is 7.57. The van der Waals surface area contributed by atoms with Crippen LogP contribution < -0.4 is 10.2 Å². The Bertz CT molecular complexity index is 964. The second-order valence-corrected chi connectivity index (χ2v) is 7.89. The van der Waals surface area contributed by atoms with E-state index in [0.717, 1.165) is 16.8 Å². The highest BCUT2D eigenvalue weighted by molar-refractivity contribution is 9.10. The van der Waals surface area contributed by atoms with E-state index in [1.165, 1.54) is 13.2 Å². The van der Waals surface area contributed by atoms with Gasteiger partial charge in [-0.3, -0.25) is 15.0 Å². The molecule has 5 nitrogen and oxygen atoms in total. The minimum absolute atomic E-state index is 0.203. The Hall–Kier alpha value is -2.23. The average Bonchev–Trinajstić information content (AvgIpc) is 2.92. The topological polar surface area (TPSA) is 58.6 Å². The van der Waals surface area contributed by atoms with Crippen LogP contribution in [0.25, 0.3) is 6.08 Å². The van der Waals surface area contributed by atoms with Gasteiger partial charge < -0.3 is 4.74 Å². The van der Waals surface area contributed by atoms with Gasteiger partial charge in [0, 0.05) is 5.56 Å². The van der Waals surface area contributed by atoms with Gasteiger partial charge in [-0.15, -0.1) is 0 Å². The Balaban J connectivity index is 1.76. The van der Waals surface area contributed by atoms with Crippen molar-refractivity contribution in [3.8, 4) is 5.75 Å². The molecule has 1 aliphatic heterocycles. The number of halogens is 2. The average molecular weight is 467 g/mol. The van der Waals surface area contributed by atoms with Gasteiger partial charge in [0.1, 0.15) is 11.6 Å². The van der Waals surface area contributed by atoms with Crippen LogP contribution in [0.1, 0.15) is 15.9 Å². The van der Waals surface area contributed by atoms with Gasteiger partial charge in [-0.05, 0) is 76.2 Å². The summed E-state index contributed by atoms with van der Waals surface area (Å²) in [5, 5.41) is 1.02. The highest BCUT2D eigenvalue weighted by Crippen LogP contribution is 2.32. The molecule has 2 amide bonds. The molecule has 1 fully saturated rings. The van der Waals surface area contributed by atoms with Crippen molar-refractivity contribution in [2.75, 3.05) is 7.11 Å². The maximum Gasteiger partial charge on any atom is 0.285 e. The van der Waals surface area contributed by atoms with E-state index in [0.29, 0.717) is 26.3 Å². The second kappa shape index (κ2) is 8.20. The van der Waals surface area contributed by atoms with E-state index in [1.807, 2.05) is 0 Å². The number of benzene rings is 2. The number of thiocarbonyl (C=S) groups is 1. The number of hydrogen-bond donors (Lipinski definition) is 1. The van der Waals surface area contributed by atoms with Crippen LogP contribution in [0.2, 0.25) is 0 Å². The summed E-state index contributed by atoms with van der Waals surface area (Å²) in [4.78, 5) is 25.3. The summed E-state index contributed by atoms with van der Waals surface area (Å²) in [7, 11) is 1.53. The number of hydrogen-bond acceptors (Lipinski definition) is 5. The highest BCUT2D eigenvalue weighted by atomic mass is 79.9. The zero-order valence-corrected chi connectivity index (χ0v) is 17.1. The number of ether oxygens (including phenoxy) is 1. The van der Waals surface area contributed by atoms with E-state index in [1.54, 1.807) is 42.5 Å². The van der Waals surface area contributed by atoms with Crippen molar-refractivity contribution in [3.63, 3.8) is 0 Å². The van der Waals surface area contributed by atoms with E-state index in [9.17, 15) is 14.0 Å². The maximum absolute atomic E-state index is 13.3. The number of carbonyl (C=O) groups is 2. The largest absolute Gasteiger partial charge is 0.497 e. The van der Waals surface area contributed by atoms with Crippen molar-refractivity contribution in [2.24, 2.45) is 0 Å². The van der Waals surface area contributed by atoms with Gasteiger partial charge in [-0.1, -0.05) is 17.8 Å². The first kappa shape index (κ1) is 19.5. The normalized spacial score (nSPS) is 15.4. The fourth-order valence-corrected chi connectivity index (χ4v) is 3.80. The Morgan fingerprint density at radius 3 is 2.63 bits per heavy atom. The zero-order chi connectivity index (χ0) is 19.6. The number of amides is 2. The van der Waals surface area contributed by atoms with Crippen LogP contribution in [0, 0.1) is 5.82 Å². The third-order valence-electron chi connectivity index (χ3n) is 3.60. The monoisotopic (exact) mass is 466 g/mol. The van der Waals surface area contributed by atoms with Gasteiger partial charge in [0.05, 0.1) is 16.5 Å². The molecular formula is C18H12BrFN2O3S2. The van der Waals surface area contributed by atoms with Gasteiger partial charge in [0.2, 0.25) is 0 Å². The van der Waals surface area contributed by atoms with Crippen LogP contribution in [0.4, 0.5) is 4.39 Å². The van der Waals surface area contributed by atoms with Crippen LogP contribution in [0.15, 0.2) is 51.8 Å². The van der Waals surface area contributed by atoms with Crippen molar-refractivity contribution < 1.29 is 18.7 Å². The Morgan fingerprint density at radius 1 is 1.30 bits per heavy atom. The molecule has 138 valence electrons. The third kappa shape index (κ3) is 4.37. The molecule has 9 heteroatoms. The smallest absolute Gasteiger partial charge is 0.285 e. The summed E-state index contributed by atoms with van der Waals surface area (Å²) >= 11 is 9.35. The number of nitrogens with zero attached hydrogens (tertiary/aromatic N) is 1. The number of carbonyl (C=O) groups excluding carboxylic acids is 2. The van der Waals surface area contributed by atoms with Gasteiger partial charge >= 0.3 is 0 Å². The molecule has 0 bridgehead atoms. The molecule has 0 aromatic heterocycles. The summed E-state index contributed by atoms with van der Waals surface area (Å²) in [6, 6.07) is 10.8. The molecule has 27 heavy (non-hydrogen) atoms. The zero-order valence-electron chi connectivity index (χ0n) is 13.9. The molecule has 1 aliphatic rings. The van der Waals surface area contributed by atoms with Gasteiger partial charge in [-0.25, -0.2) is 4.39 Å². The lowest BCUT2D eigenvalue weighted by atomic mass is 10.2. The summed E-state index contributed by atoms with van der Waals surface area (Å²) in [6.45, 7) is 0. The van der Waals surface area contributed by atoms with Crippen molar-refractivity contribution in [3.05, 3.63) is 68.8 Å². The highest BCUT2D eigenvalue weighted by Gasteiger charge is 2.33. The first-order valence-corrected chi connectivity index (χ1v) is 9.59. The molecule has 0 spiro atoms. The quantitative estimate of drug-likeness (QED) is 0.541. The molecule has 1 heterocycles. The summed E-state index contributed by atoms with van der Waals surface area (Å²) in [5.41, 5.74) is 3.49. The molecular weight excluding hydrogens is 455 g/mol. The van der Waals surface area contributed by atoms with Crippen LogP contribution in [-0.2, 0) is 4.79 Å². The van der Waals surface area contributed by atoms with E-state index in [4.69, 9.17) is 17.0 Å². The maximum atomic E-state index is 13.3. The minimum Gasteiger partial charge on any atom is -0.497 e. The lowest BCUT2D eigenvalue weighted by Crippen LogP contribution is -2.44. The first-order chi connectivity index (χ1) is 12.9. The lowest BCUT2D eigenvalue weighted by Gasteiger charge is -2.15. The van der Waals surface area contributed by atoms with E-state index < -0.39 is 17.6 Å². The molecule has 2 aromatic carbocycles.